The largest absolute Gasteiger partial charge is 0.445 e. The highest BCUT2D eigenvalue weighted by Gasteiger charge is 2.31. The molecule has 0 atom stereocenters. The molecule has 0 saturated carbocycles. The Kier molecular flexibility index (Phi) is 4.77. The lowest BCUT2D eigenvalue weighted by Gasteiger charge is -2.30. The molecule has 0 spiro atoms. The van der Waals surface area contributed by atoms with E-state index in [0.29, 0.717) is 36.0 Å². The molecule has 8 heteroatoms. The van der Waals surface area contributed by atoms with Crippen molar-refractivity contribution in [3.63, 3.8) is 0 Å². The van der Waals surface area contributed by atoms with E-state index in [9.17, 15) is 9.59 Å². The van der Waals surface area contributed by atoms with Gasteiger partial charge in [0.15, 0.2) is 11.6 Å². The molecule has 2 fully saturated rings. The van der Waals surface area contributed by atoms with Crippen molar-refractivity contribution in [2.75, 3.05) is 26.2 Å². The van der Waals surface area contributed by atoms with E-state index >= 15 is 0 Å². The first kappa shape index (κ1) is 18.8. The summed E-state index contributed by atoms with van der Waals surface area (Å²) < 4.78 is 5.88. The quantitative estimate of drug-likeness (QED) is 0.720. The van der Waals surface area contributed by atoms with E-state index in [2.05, 4.69) is 15.0 Å². The molecule has 2 aliphatic rings. The molecule has 1 aromatic carbocycles. The molecule has 3 aromatic rings. The van der Waals surface area contributed by atoms with Crippen molar-refractivity contribution in [3.8, 4) is 0 Å². The predicted octanol–water partition coefficient (Wildman–Crippen LogP) is 3.12. The fourth-order valence-corrected chi connectivity index (χ4v) is 4.44. The van der Waals surface area contributed by atoms with Crippen molar-refractivity contribution in [3.05, 3.63) is 47.4 Å². The van der Waals surface area contributed by atoms with Crippen LogP contribution in [0, 0.1) is 6.92 Å². The van der Waals surface area contributed by atoms with Crippen molar-refractivity contribution in [2.24, 2.45) is 0 Å². The molecule has 1 N–H and O–H groups in total. The van der Waals surface area contributed by atoms with E-state index in [4.69, 9.17) is 4.42 Å². The lowest BCUT2D eigenvalue weighted by molar-refractivity contribution is 0.0706. The third kappa shape index (κ3) is 3.36. The topological polar surface area (TPSA) is 95.3 Å². The number of hydrogen-bond acceptors (Lipinski definition) is 5. The monoisotopic (exact) mass is 407 g/mol. The summed E-state index contributed by atoms with van der Waals surface area (Å²) in [6.45, 7) is 4.68. The minimum Gasteiger partial charge on any atom is -0.445 e. The minimum atomic E-state index is -0.0261. The van der Waals surface area contributed by atoms with Crippen LogP contribution in [0.2, 0.25) is 0 Å². The summed E-state index contributed by atoms with van der Waals surface area (Å²) in [4.78, 5) is 41.1. The van der Waals surface area contributed by atoms with Gasteiger partial charge in [-0.2, -0.15) is 0 Å². The molecule has 0 radical (unpaired) electrons. The Labute approximate surface area is 174 Å². The van der Waals surface area contributed by atoms with Gasteiger partial charge in [-0.15, -0.1) is 0 Å². The van der Waals surface area contributed by atoms with Gasteiger partial charge in [0.2, 0.25) is 0 Å². The van der Waals surface area contributed by atoms with Crippen LogP contribution in [0.1, 0.15) is 64.1 Å². The number of carbonyl (C=O) groups is 2. The lowest BCUT2D eigenvalue weighted by Crippen LogP contribution is -2.38. The maximum Gasteiger partial charge on any atom is 0.276 e. The van der Waals surface area contributed by atoms with Crippen LogP contribution in [-0.2, 0) is 0 Å². The Balaban J connectivity index is 1.25. The van der Waals surface area contributed by atoms with E-state index in [1.165, 1.54) is 0 Å². The molecule has 0 bridgehead atoms. The van der Waals surface area contributed by atoms with Gasteiger partial charge < -0.3 is 19.2 Å². The van der Waals surface area contributed by atoms with E-state index in [0.717, 1.165) is 49.8 Å². The van der Waals surface area contributed by atoms with Crippen molar-refractivity contribution in [1.29, 1.82) is 0 Å². The van der Waals surface area contributed by atoms with E-state index in [1.807, 2.05) is 34.9 Å². The molecular formula is C22H25N5O3. The molecule has 2 amide bonds. The highest BCUT2D eigenvalue weighted by atomic mass is 16.4. The van der Waals surface area contributed by atoms with E-state index in [-0.39, 0.29) is 17.7 Å². The van der Waals surface area contributed by atoms with Crippen molar-refractivity contribution >= 4 is 22.8 Å². The number of fused-ring (bicyclic) bond motifs is 1. The summed E-state index contributed by atoms with van der Waals surface area (Å²) in [5.41, 5.74) is 2.82. The zero-order valence-corrected chi connectivity index (χ0v) is 17.1. The molecule has 2 aromatic heterocycles. The fourth-order valence-electron chi connectivity index (χ4n) is 4.44. The Hall–Kier alpha value is -3.16. The highest BCUT2D eigenvalue weighted by molar-refractivity contribution is 5.97. The SMILES string of the molecule is Cc1oc(C2CCN(C(=O)c3ccc4nc[nH]c4c3)CC2)nc1C(=O)N1CCCC1. The van der Waals surface area contributed by atoms with Crippen LogP contribution >= 0.6 is 0 Å². The molecular weight excluding hydrogens is 382 g/mol. The van der Waals surface area contributed by atoms with Crippen LogP contribution < -0.4 is 0 Å². The maximum absolute atomic E-state index is 12.9. The van der Waals surface area contributed by atoms with Crippen LogP contribution in [-0.4, -0.2) is 62.7 Å². The van der Waals surface area contributed by atoms with Crippen molar-refractivity contribution < 1.29 is 14.0 Å². The molecule has 30 heavy (non-hydrogen) atoms. The van der Waals surface area contributed by atoms with Gasteiger partial charge in [0.25, 0.3) is 11.8 Å². The van der Waals surface area contributed by atoms with Gasteiger partial charge in [-0.25, -0.2) is 9.97 Å². The molecule has 2 aliphatic heterocycles. The van der Waals surface area contributed by atoms with Crippen molar-refractivity contribution in [2.45, 2.75) is 38.5 Å². The Morgan fingerprint density at radius 2 is 1.80 bits per heavy atom. The highest BCUT2D eigenvalue weighted by Crippen LogP contribution is 2.30. The zero-order valence-electron chi connectivity index (χ0n) is 17.1. The smallest absolute Gasteiger partial charge is 0.276 e. The number of hydrogen-bond donors (Lipinski definition) is 1. The number of aromatic nitrogens is 3. The number of rotatable bonds is 3. The molecule has 0 unspecified atom stereocenters. The number of aromatic amines is 1. The summed E-state index contributed by atoms with van der Waals surface area (Å²) >= 11 is 0. The second-order valence-corrected chi connectivity index (χ2v) is 8.16. The Morgan fingerprint density at radius 3 is 2.57 bits per heavy atom. The molecule has 5 rings (SSSR count). The fraction of sp³-hybridized carbons (Fsp3) is 0.455. The van der Waals surface area contributed by atoms with Gasteiger partial charge in [-0.05, 0) is 50.8 Å². The van der Waals surface area contributed by atoms with Crippen molar-refractivity contribution in [1.82, 2.24) is 24.8 Å². The number of likely N-dealkylation sites (tertiary alicyclic amines) is 2. The summed E-state index contributed by atoms with van der Waals surface area (Å²) in [5, 5.41) is 0. The van der Waals surface area contributed by atoms with Gasteiger partial charge in [0, 0.05) is 37.7 Å². The first-order valence-corrected chi connectivity index (χ1v) is 10.6. The second kappa shape index (κ2) is 7.59. The zero-order chi connectivity index (χ0) is 20.7. The summed E-state index contributed by atoms with van der Waals surface area (Å²) in [7, 11) is 0. The van der Waals surface area contributed by atoms with Crippen LogP contribution in [0.3, 0.4) is 0 Å². The summed E-state index contributed by atoms with van der Waals surface area (Å²) in [6.07, 6.45) is 5.28. The average molecular weight is 407 g/mol. The number of benzene rings is 1. The molecule has 2 saturated heterocycles. The number of aryl methyl sites for hydroxylation is 1. The first-order chi connectivity index (χ1) is 14.6. The Morgan fingerprint density at radius 1 is 1.07 bits per heavy atom. The van der Waals surface area contributed by atoms with Gasteiger partial charge in [-0.3, -0.25) is 9.59 Å². The number of nitrogens with zero attached hydrogens (tertiary/aromatic N) is 4. The number of H-pyrrole nitrogens is 1. The van der Waals surface area contributed by atoms with Gasteiger partial charge in [0.1, 0.15) is 5.76 Å². The summed E-state index contributed by atoms with van der Waals surface area (Å²) in [6, 6.07) is 5.54. The first-order valence-electron chi connectivity index (χ1n) is 10.6. The summed E-state index contributed by atoms with van der Waals surface area (Å²) in [5.74, 6) is 1.34. The Bertz CT molecular complexity index is 1090. The minimum absolute atomic E-state index is 0.0261. The molecule has 4 heterocycles. The molecule has 156 valence electrons. The predicted molar refractivity (Wildman–Crippen MR) is 110 cm³/mol. The average Bonchev–Trinajstić information content (AvgIpc) is 3.53. The number of imidazole rings is 1. The standard InChI is InChI=1S/C22H25N5O3/c1-14-19(22(29)26-8-2-3-9-26)25-20(30-14)15-6-10-27(11-7-15)21(28)16-4-5-17-18(12-16)24-13-23-17/h4-5,12-13,15H,2-3,6-11H2,1H3,(H,23,24). The van der Waals surface area contributed by atoms with Crippen LogP contribution in [0.4, 0.5) is 0 Å². The van der Waals surface area contributed by atoms with E-state index < -0.39 is 0 Å². The van der Waals surface area contributed by atoms with Gasteiger partial charge in [0.05, 0.1) is 17.4 Å². The number of piperidine rings is 1. The second-order valence-electron chi connectivity index (χ2n) is 8.16. The maximum atomic E-state index is 12.9. The van der Waals surface area contributed by atoms with Crippen LogP contribution in [0.15, 0.2) is 28.9 Å². The normalized spacial score (nSPS) is 17.8. The van der Waals surface area contributed by atoms with Crippen LogP contribution in [0.5, 0.6) is 0 Å². The van der Waals surface area contributed by atoms with Gasteiger partial charge >= 0.3 is 0 Å². The van der Waals surface area contributed by atoms with E-state index in [1.54, 1.807) is 6.33 Å². The number of carbonyl (C=O) groups excluding carboxylic acids is 2. The molecule has 0 aliphatic carbocycles. The third-order valence-corrected chi connectivity index (χ3v) is 6.21. The molecule has 8 nitrogen and oxygen atoms in total. The lowest BCUT2D eigenvalue weighted by atomic mass is 9.96. The number of amides is 2. The van der Waals surface area contributed by atoms with Gasteiger partial charge in [-0.1, -0.05) is 0 Å². The third-order valence-electron chi connectivity index (χ3n) is 6.21. The van der Waals surface area contributed by atoms with Crippen LogP contribution in [0.25, 0.3) is 11.0 Å². The number of nitrogens with one attached hydrogen (secondary N) is 1. The number of oxazole rings is 1.